The Morgan fingerprint density at radius 1 is 1.15 bits per heavy atom. The lowest BCUT2D eigenvalue weighted by molar-refractivity contribution is 0.397. The molecule has 0 radical (unpaired) electrons. The molecule has 0 aliphatic rings. The predicted octanol–water partition coefficient (Wildman–Crippen LogP) is 2.77. The molecule has 0 saturated carbocycles. The van der Waals surface area contributed by atoms with Crippen molar-refractivity contribution in [3.63, 3.8) is 0 Å². The van der Waals surface area contributed by atoms with Gasteiger partial charge in [-0.25, -0.2) is 4.98 Å². The SMILES string of the molecule is CNC(Cc1ccc(OC)nc1)Cc1cccc(C)c1. The molecule has 0 aliphatic carbocycles. The zero-order chi connectivity index (χ0) is 14.4. The number of nitrogens with one attached hydrogen (secondary N) is 1. The quantitative estimate of drug-likeness (QED) is 0.876. The number of aryl methyl sites for hydroxylation is 1. The Balaban J connectivity index is 2.01. The minimum atomic E-state index is 0.409. The van der Waals surface area contributed by atoms with Gasteiger partial charge in [-0.15, -0.1) is 0 Å². The maximum absolute atomic E-state index is 5.08. The predicted molar refractivity (Wildman–Crippen MR) is 82.2 cm³/mol. The molecule has 1 atom stereocenters. The number of benzene rings is 1. The summed E-state index contributed by atoms with van der Waals surface area (Å²) in [5.74, 6) is 0.661. The number of ether oxygens (including phenoxy) is 1. The molecule has 2 aromatic rings. The van der Waals surface area contributed by atoms with Crippen LogP contribution >= 0.6 is 0 Å². The van der Waals surface area contributed by atoms with E-state index in [0.717, 1.165) is 12.8 Å². The van der Waals surface area contributed by atoms with Crippen LogP contribution in [0.1, 0.15) is 16.7 Å². The van der Waals surface area contributed by atoms with Gasteiger partial charge in [0.25, 0.3) is 0 Å². The summed E-state index contributed by atoms with van der Waals surface area (Å²) in [7, 11) is 3.65. The molecule has 3 heteroatoms. The molecule has 1 aromatic carbocycles. The van der Waals surface area contributed by atoms with Crippen molar-refractivity contribution in [2.24, 2.45) is 0 Å². The molecular formula is C17H22N2O. The molecular weight excluding hydrogens is 248 g/mol. The van der Waals surface area contributed by atoms with E-state index < -0.39 is 0 Å². The fraction of sp³-hybridized carbons (Fsp3) is 0.353. The van der Waals surface area contributed by atoms with Gasteiger partial charge in [0.15, 0.2) is 0 Å². The van der Waals surface area contributed by atoms with Crippen LogP contribution in [-0.4, -0.2) is 25.2 Å². The molecule has 0 fully saturated rings. The van der Waals surface area contributed by atoms with E-state index in [0.29, 0.717) is 11.9 Å². The lowest BCUT2D eigenvalue weighted by atomic mass is 9.99. The third-order valence-corrected chi connectivity index (χ3v) is 3.46. The molecule has 2 rings (SSSR count). The average molecular weight is 270 g/mol. The maximum Gasteiger partial charge on any atom is 0.212 e. The topological polar surface area (TPSA) is 34.1 Å². The molecule has 1 heterocycles. The minimum absolute atomic E-state index is 0.409. The van der Waals surface area contributed by atoms with Gasteiger partial charge < -0.3 is 10.1 Å². The maximum atomic E-state index is 5.08. The molecule has 20 heavy (non-hydrogen) atoms. The van der Waals surface area contributed by atoms with Crippen LogP contribution in [0.25, 0.3) is 0 Å². The van der Waals surface area contributed by atoms with E-state index in [1.54, 1.807) is 7.11 Å². The summed E-state index contributed by atoms with van der Waals surface area (Å²) >= 11 is 0. The van der Waals surface area contributed by atoms with E-state index >= 15 is 0 Å². The third kappa shape index (κ3) is 4.07. The summed E-state index contributed by atoms with van der Waals surface area (Å²) in [6.07, 6.45) is 3.87. The van der Waals surface area contributed by atoms with Gasteiger partial charge in [-0.05, 0) is 37.9 Å². The Hall–Kier alpha value is -1.87. The first-order valence-corrected chi connectivity index (χ1v) is 6.93. The van der Waals surface area contributed by atoms with Gasteiger partial charge in [0.05, 0.1) is 7.11 Å². The van der Waals surface area contributed by atoms with Gasteiger partial charge in [0.2, 0.25) is 5.88 Å². The Labute approximate surface area is 121 Å². The first-order valence-electron chi connectivity index (χ1n) is 6.93. The van der Waals surface area contributed by atoms with Crippen molar-refractivity contribution < 1.29 is 4.74 Å². The van der Waals surface area contributed by atoms with Crippen LogP contribution < -0.4 is 10.1 Å². The van der Waals surface area contributed by atoms with Gasteiger partial charge in [0, 0.05) is 18.3 Å². The number of nitrogens with zero attached hydrogens (tertiary/aromatic N) is 1. The highest BCUT2D eigenvalue weighted by Crippen LogP contribution is 2.12. The molecule has 106 valence electrons. The molecule has 0 saturated heterocycles. The fourth-order valence-corrected chi connectivity index (χ4v) is 2.34. The summed E-state index contributed by atoms with van der Waals surface area (Å²) in [4.78, 5) is 4.26. The second-order valence-corrected chi connectivity index (χ2v) is 5.09. The molecule has 0 amide bonds. The number of likely N-dealkylation sites (N-methyl/N-ethyl adjacent to an activating group) is 1. The normalized spacial score (nSPS) is 12.2. The Morgan fingerprint density at radius 3 is 2.55 bits per heavy atom. The van der Waals surface area contributed by atoms with E-state index in [9.17, 15) is 0 Å². The summed E-state index contributed by atoms with van der Waals surface area (Å²) in [5.41, 5.74) is 3.90. The summed E-state index contributed by atoms with van der Waals surface area (Å²) < 4.78 is 5.08. The fourth-order valence-electron chi connectivity index (χ4n) is 2.34. The lowest BCUT2D eigenvalue weighted by Crippen LogP contribution is -2.29. The van der Waals surface area contributed by atoms with Gasteiger partial charge in [-0.2, -0.15) is 0 Å². The van der Waals surface area contributed by atoms with Crippen LogP contribution in [0.4, 0.5) is 0 Å². The van der Waals surface area contributed by atoms with Crippen LogP contribution in [0, 0.1) is 6.92 Å². The molecule has 0 aliphatic heterocycles. The first kappa shape index (κ1) is 14.5. The van der Waals surface area contributed by atoms with Gasteiger partial charge in [0.1, 0.15) is 0 Å². The first-order chi connectivity index (χ1) is 9.71. The number of methoxy groups -OCH3 is 1. The molecule has 0 spiro atoms. The standard InChI is InChI=1S/C17H22N2O/c1-13-5-4-6-14(9-13)10-16(18-2)11-15-7-8-17(20-3)19-12-15/h4-9,12,16,18H,10-11H2,1-3H3. The van der Waals surface area contributed by atoms with Crippen molar-refractivity contribution >= 4 is 0 Å². The van der Waals surface area contributed by atoms with Crippen molar-refractivity contribution in [1.82, 2.24) is 10.3 Å². The number of pyridine rings is 1. The summed E-state index contributed by atoms with van der Waals surface area (Å²) in [6.45, 7) is 2.13. The zero-order valence-electron chi connectivity index (χ0n) is 12.4. The third-order valence-electron chi connectivity index (χ3n) is 3.46. The Bertz CT molecular complexity index is 537. The Morgan fingerprint density at radius 2 is 1.95 bits per heavy atom. The van der Waals surface area contributed by atoms with Crippen molar-refractivity contribution in [3.8, 4) is 5.88 Å². The van der Waals surface area contributed by atoms with Crippen LogP contribution in [0.15, 0.2) is 42.6 Å². The molecule has 1 N–H and O–H groups in total. The lowest BCUT2D eigenvalue weighted by Gasteiger charge is -2.16. The smallest absolute Gasteiger partial charge is 0.212 e. The highest BCUT2D eigenvalue weighted by atomic mass is 16.5. The minimum Gasteiger partial charge on any atom is -0.481 e. The van der Waals surface area contributed by atoms with Crippen molar-refractivity contribution in [3.05, 3.63) is 59.3 Å². The van der Waals surface area contributed by atoms with Gasteiger partial charge >= 0.3 is 0 Å². The number of aromatic nitrogens is 1. The number of hydrogen-bond donors (Lipinski definition) is 1. The molecule has 1 aromatic heterocycles. The largest absolute Gasteiger partial charge is 0.481 e. The average Bonchev–Trinajstić information content (AvgIpc) is 2.47. The Kier molecular flexibility index (Phi) is 5.13. The van der Waals surface area contributed by atoms with E-state index in [-0.39, 0.29) is 0 Å². The van der Waals surface area contributed by atoms with E-state index in [2.05, 4.69) is 47.6 Å². The summed E-state index contributed by atoms with van der Waals surface area (Å²) in [5, 5.41) is 3.39. The van der Waals surface area contributed by atoms with Crippen molar-refractivity contribution in [2.45, 2.75) is 25.8 Å². The van der Waals surface area contributed by atoms with Crippen molar-refractivity contribution in [2.75, 3.05) is 14.2 Å². The van der Waals surface area contributed by atoms with Crippen molar-refractivity contribution in [1.29, 1.82) is 0 Å². The van der Waals surface area contributed by atoms with Crippen LogP contribution in [0.2, 0.25) is 0 Å². The summed E-state index contributed by atoms with van der Waals surface area (Å²) in [6, 6.07) is 13.1. The van der Waals surface area contributed by atoms with E-state index in [1.165, 1.54) is 16.7 Å². The highest BCUT2D eigenvalue weighted by molar-refractivity contribution is 5.24. The van der Waals surface area contributed by atoms with Gasteiger partial charge in [-0.3, -0.25) is 0 Å². The number of hydrogen-bond acceptors (Lipinski definition) is 3. The highest BCUT2D eigenvalue weighted by Gasteiger charge is 2.09. The van der Waals surface area contributed by atoms with E-state index in [4.69, 9.17) is 4.74 Å². The van der Waals surface area contributed by atoms with Crippen LogP contribution in [0.5, 0.6) is 5.88 Å². The second kappa shape index (κ2) is 7.06. The second-order valence-electron chi connectivity index (χ2n) is 5.09. The number of rotatable bonds is 6. The van der Waals surface area contributed by atoms with E-state index in [1.807, 2.05) is 19.3 Å². The monoisotopic (exact) mass is 270 g/mol. The molecule has 1 unspecified atom stereocenters. The van der Waals surface area contributed by atoms with Crippen LogP contribution in [0.3, 0.4) is 0 Å². The zero-order valence-corrected chi connectivity index (χ0v) is 12.4. The van der Waals surface area contributed by atoms with Gasteiger partial charge in [-0.1, -0.05) is 35.9 Å². The molecule has 3 nitrogen and oxygen atoms in total. The molecule has 0 bridgehead atoms. The van der Waals surface area contributed by atoms with Crippen LogP contribution in [-0.2, 0) is 12.8 Å².